The van der Waals surface area contributed by atoms with E-state index in [1.807, 2.05) is 17.9 Å². The number of urea groups is 1. The second-order valence-electron chi connectivity index (χ2n) is 6.04. The normalized spacial score (nSPS) is 13.6. The zero-order chi connectivity index (χ0) is 20.5. The Labute approximate surface area is 164 Å². The first-order chi connectivity index (χ1) is 13.5. The lowest BCUT2D eigenvalue weighted by molar-refractivity contribution is -0.138. The summed E-state index contributed by atoms with van der Waals surface area (Å²) in [5.41, 5.74) is 1.37. The highest BCUT2D eigenvalue weighted by Gasteiger charge is 2.25. The minimum atomic E-state index is -0.487. The van der Waals surface area contributed by atoms with Crippen molar-refractivity contribution in [3.63, 3.8) is 0 Å². The summed E-state index contributed by atoms with van der Waals surface area (Å²) < 4.78 is 10.3. The number of rotatable bonds is 9. The highest BCUT2D eigenvalue weighted by atomic mass is 16.5. The summed E-state index contributed by atoms with van der Waals surface area (Å²) in [5, 5.41) is 8.02. The lowest BCUT2D eigenvalue weighted by atomic mass is 10.1. The van der Waals surface area contributed by atoms with E-state index >= 15 is 0 Å². The molecule has 0 saturated heterocycles. The Morgan fingerprint density at radius 1 is 1.25 bits per heavy atom. The van der Waals surface area contributed by atoms with Crippen LogP contribution in [0.25, 0.3) is 0 Å². The fourth-order valence-corrected chi connectivity index (χ4v) is 2.72. The van der Waals surface area contributed by atoms with E-state index in [1.54, 1.807) is 25.1 Å². The fraction of sp³-hybridized carbons (Fsp3) is 0.421. The largest absolute Gasteiger partial charge is 0.495 e. The molecule has 0 spiro atoms. The number of amides is 3. The number of methoxy groups -OCH3 is 1. The van der Waals surface area contributed by atoms with Gasteiger partial charge in [-0.15, -0.1) is 0 Å². The SMILES string of the molecule is CCOC(=O)C1=C(CN(CC)CC(=O)Nc2ccccc2OC)NC(=O)NC1. The lowest BCUT2D eigenvalue weighted by Crippen LogP contribution is -2.47. The van der Waals surface area contributed by atoms with E-state index in [1.165, 1.54) is 7.11 Å². The molecule has 152 valence electrons. The van der Waals surface area contributed by atoms with E-state index in [9.17, 15) is 14.4 Å². The number of anilines is 1. The molecule has 0 saturated carbocycles. The summed E-state index contributed by atoms with van der Waals surface area (Å²) in [6, 6.07) is 6.74. The van der Waals surface area contributed by atoms with Crippen LogP contribution in [0, 0.1) is 0 Å². The van der Waals surface area contributed by atoms with Crippen LogP contribution in [0.4, 0.5) is 10.5 Å². The number of benzene rings is 1. The van der Waals surface area contributed by atoms with Crippen LogP contribution < -0.4 is 20.7 Å². The fourth-order valence-electron chi connectivity index (χ4n) is 2.72. The average molecular weight is 390 g/mol. The first-order valence-electron chi connectivity index (χ1n) is 9.07. The van der Waals surface area contributed by atoms with E-state index in [-0.39, 0.29) is 32.1 Å². The van der Waals surface area contributed by atoms with Crippen molar-refractivity contribution in [2.24, 2.45) is 0 Å². The number of nitrogens with one attached hydrogen (secondary N) is 3. The van der Waals surface area contributed by atoms with Crippen LogP contribution in [-0.4, -0.2) is 62.7 Å². The molecule has 9 nitrogen and oxygen atoms in total. The van der Waals surface area contributed by atoms with Crippen molar-refractivity contribution in [1.82, 2.24) is 15.5 Å². The Morgan fingerprint density at radius 3 is 2.68 bits per heavy atom. The molecular weight excluding hydrogens is 364 g/mol. The van der Waals surface area contributed by atoms with Gasteiger partial charge in [-0.2, -0.15) is 0 Å². The summed E-state index contributed by atoms with van der Waals surface area (Å²) in [6.07, 6.45) is 0. The third kappa shape index (κ3) is 5.71. The molecule has 1 aromatic carbocycles. The highest BCUT2D eigenvalue weighted by molar-refractivity contribution is 5.94. The highest BCUT2D eigenvalue weighted by Crippen LogP contribution is 2.22. The number of nitrogens with zero attached hydrogens (tertiary/aromatic N) is 1. The zero-order valence-electron chi connectivity index (χ0n) is 16.3. The number of likely N-dealkylation sites (N-methyl/N-ethyl adjacent to an activating group) is 1. The number of hydrogen-bond acceptors (Lipinski definition) is 6. The van der Waals surface area contributed by atoms with Crippen molar-refractivity contribution in [3.05, 3.63) is 35.5 Å². The number of esters is 1. The number of ether oxygens (including phenoxy) is 2. The second-order valence-corrected chi connectivity index (χ2v) is 6.04. The van der Waals surface area contributed by atoms with E-state index in [4.69, 9.17) is 9.47 Å². The van der Waals surface area contributed by atoms with Gasteiger partial charge in [-0.3, -0.25) is 9.69 Å². The van der Waals surface area contributed by atoms with Crippen molar-refractivity contribution in [2.75, 3.05) is 45.2 Å². The van der Waals surface area contributed by atoms with Gasteiger partial charge in [-0.1, -0.05) is 19.1 Å². The maximum absolute atomic E-state index is 12.5. The summed E-state index contributed by atoms with van der Waals surface area (Å²) in [4.78, 5) is 38.1. The standard InChI is InChI=1S/C19H26N4O5/c1-4-23(12-17(24)21-14-8-6-7-9-16(14)27-3)11-15-13(18(25)28-5-2)10-20-19(26)22-15/h6-9H,4-5,10-12H2,1-3H3,(H,21,24)(H2,20,22,26). The Balaban J connectivity index is 2.08. The molecule has 2 rings (SSSR count). The molecular formula is C19H26N4O5. The maximum atomic E-state index is 12.5. The minimum Gasteiger partial charge on any atom is -0.495 e. The molecule has 0 atom stereocenters. The van der Waals surface area contributed by atoms with Crippen LogP contribution in [0.3, 0.4) is 0 Å². The Bertz CT molecular complexity index is 762. The first-order valence-corrected chi connectivity index (χ1v) is 9.07. The van der Waals surface area contributed by atoms with Crippen LogP contribution in [-0.2, 0) is 14.3 Å². The molecule has 1 aromatic rings. The third-order valence-corrected chi connectivity index (χ3v) is 4.15. The summed E-state index contributed by atoms with van der Waals surface area (Å²) in [7, 11) is 1.53. The quantitative estimate of drug-likeness (QED) is 0.545. The Kier molecular flexibility index (Phi) is 7.82. The van der Waals surface area contributed by atoms with Crippen LogP contribution in [0.2, 0.25) is 0 Å². The lowest BCUT2D eigenvalue weighted by Gasteiger charge is -2.26. The van der Waals surface area contributed by atoms with Gasteiger partial charge in [0.2, 0.25) is 5.91 Å². The molecule has 0 aliphatic carbocycles. The minimum absolute atomic E-state index is 0.0808. The summed E-state index contributed by atoms with van der Waals surface area (Å²) >= 11 is 0. The van der Waals surface area contributed by atoms with Crippen molar-refractivity contribution in [2.45, 2.75) is 13.8 Å². The van der Waals surface area contributed by atoms with Gasteiger partial charge in [-0.25, -0.2) is 9.59 Å². The smallest absolute Gasteiger partial charge is 0.337 e. The zero-order valence-corrected chi connectivity index (χ0v) is 16.3. The summed E-state index contributed by atoms with van der Waals surface area (Å²) in [5.74, 6) is -0.152. The van der Waals surface area contributed by atoms with Crippen LogP contribution >= 0.6 is 0 Å². The van der Waals surface area contributed by atoms with Gasteiger partial charge in [-0.05, 0) is 25.6 Å². The van der Waals surface area contributed by atoms with Gasteiger partial charge in [0.25, 0.3) is 0 Å². The molecule has 3 amide bonds. The molecule has 0 unspecified atom stereocenters. The molecule has 1 aliphatic rings. The van der Waals surface area contributed by atoms with Gasteiger partial charge < -0.3 is 25.4 Å². The van der Waals surface area contributed by atoms with E-state index in [0.29, 0.717) is 29.3 Å². The molecule has 28 heavy (non-hydrogen) atoms. The Morgan fingerprint density at radius 2 is 2.00 bits per heavy atom. The van der Waals surface area contributed by atoms with Gasteiger partial charge in [0.1, 0.15) is 5.75 Å². The third-order valence-electron chi connectivity index (χ3n) is 4.15. The van der Waals surface area contributed by atoms with Gasteiger partial charge in [0, 0.05) is 12.2 Å². The topological polar surface area (TPSA) is 109 Å². The average Bonchev–Trinajstić information content (AvgIpc) is 2.68. The van der Waals surface area contributed by atoms with Crippen LogP contribution in [0.1, 0.15) is 13.8 Å². The van der Waals surface area contributed by atoms with E-state index in [0.717, 1.165) is 0 Å². The maximum Gasteiger partial charge on any atom is 0.337 e. The van der Waals surface area contributed by atoms with Gasteiger partial charge >= 0.3 is 12.0 Å². The Hall–Kier alpha value is -3.07. The first kappa shape index (κ1) is 21.2. The predicted molar refractivity (Wildman–Crippen MR) is 104 cm³/mol. The number of para-hydroxylation sites is 2. The molecule has 0 aromatic heterocycles. The second kappa shape index (κ2) is 10.3. The number of carbonyl (C=O) groups is 3. The molecule has 0 bridgehead atoms. The molecule has 1 aliphatic heterocycles. The van der Waals surface area contributed by atoms with Crippen LogP contribution in [0.15, 0.2) is 35.5 Å². The van der Waals surface area contributed by atoms with Crippen LogP contribution in [0.5, 0.6) is 5.75 Å². The van der Waals surface area contributed by atoms with Gasteiger partial charge in [0.05, 0.1) is 38.1 Å². The molecule has 0 fully saturated rings. The predicted octanol–water partition coefficient (Wildman–Crippen LogP) is 1.09. The van der Waals surface area contributed by atoms with E-state index in [2.05, 4.69) is 16.0 Å². The number of hydrogen-bond donors (Lipinski definition) is 3. The molecule has 0 radical (unpaired) electrons. The van der Waals surface area contributed by atoms with Crippen molar-refractivity contribution >= 4 is 23.6 Å². The van der Waals surface area contributed by atoms with Crippen molar-refractivity contribution in [1.29, 1.82) is 0 Å². The molecule has 1 heterocycles. The molecule has 9 heteroatoms. The molecule has 3 N–H and O–H groups in total. The van der Waals surface area contributed by atoms with Crippen molar-refractivity contribution in [3.8, 4) is 5.75 Å². The number of carbonyl (C=O) groups excluding carboxylic acids is 3. The van der Waals surface area contributed by atoms with Crippen molar-refractivity contribution < 1.29 is 23.9 Å². The van der Waals surface area contributed by atoms with E-state index < -0.39 is 12.0 Å². The monoisotopic (exact) mass is 390 g/mol. The van der Waals surface area contributed by atoms with Gasteiger partial charge in [0.15, 0.2) is 0 Å². The summed E-state index contributed by atoms with van der Waals surface area (Å²) in [6.45, 7) is 4.79.